The van der Waals surface area contributed by atoms with Crippen LogP contribution in [0.1, 0.15) is 22.5 Å². The zero-order valence-electron chi connectivity index (χ0n) is 11.7. The van der Waals surface area contributed by atoms with Gasteiger partial charge in [0, 0.05) is 11.0 Å². The molecule has 0 atom stereocenters. The summed E-state index contributed by atoms with van der Waals surface area (Å²) < 4.78 is 2.76. The number of rotatable bonds is 5. The Kier molecular flexibility index (Phi) is 6.87. The van der Waals surface area contributed by atoms with Crippen molar-refractivity contribution in [3.63, 3.8) is 0 Å². The summed E-state index contributed by atoms with van der Waals surface area (Å²) in [4.78, 5) is 12.0. The van der Waals surface area contributed by atoms with Gasteiger partial charge in [-0.1, -0.05) is 15.9 Å². The smallest absolute Gasteiger partial charge is 0.254 e. The van der Waals surface area contributed by atoms with Crippen LogP contribution in [0.15, 0.2) is 34.9 Å². The molecule has 2 aromatic rings. The van der Waals surface area contributed by atoms with Gasteiger partial charge in [-0.3, -0.25) is 4.79 Å². The molecule has 1 amide bonds. The quantitative estimate of drug-likeness (QED) is 0.791. The van der Waals surface area contributed by atoms with Crippen LogP contribution in [0.3, 0.4) is 0 Å². The first-order valence-electron chi connectivity index (χ1n) is 6.42. The van der Waals surface area contributed by atoms with E-state index < -0.39 is 0 Å². The summed E-state index contributed by atoms with van der Waals surface area (Å²) in [5, 5.41) is 7.12. The number of carbonyl (C=O) groups is 1. The van der Waals surface area contributed by atoms with Crippen LogP contribution in [-0.2, 0) is 0 Å². The Bertz CT molecular complexity index is 598. The van der Waals surface area contributed by atoms with E-state index in [0.717, 1.165) is 22.3 Å². The number of nitrogens with zero attached hydrogens (tertiary/aromatic N) is 2. The molecule has 0 fully saturated rings. The zero-order chi connectivity index (χ0) is 14.5. The van der Waals surface area contributed by atoms with Crippen LogP contribution >= 0.6 is 28.3 Å². The van der Waals surface area contributed by atoms with Crippen LogP contribution in [0, 0.1) is 6.92 Å². The average molecular weight is 374 g/mol. The highest BCUT2D eigenvalue weighted by Gasteiger charge is 2.14. The lowest BCUT2D eigenvalue weighted by Gasteiger charge is -2.06. The number of hydrogen-bond donors (Lipinski definition) is 2. The maximum absolute atomic E-state index is 12.0. The van der Waals surface area contributed by atoms with E-state index in [0.29, 0.717) is 18.7 Å². The standard InChI is InChI=1S/C14H17BrN4O.ClH/c1-10-13(14(20)17-8-2-7-16)9-18-19(10)12-5-3-11(15)4-6-12;/h3-6,9H,2,7-8,16H2,1H3,(H,17,20);1H. The molecule has 0 spiro atoms. The van der Waals surface area contributed by atoms with Gasteiger partial charge in [-0.05, 0) is 44.2 Å². The van der Waals surface area contributed by atoms with Crippen LogP contribution < -0.4 is 11.1 Å². The second-order valence-corrected chi connectivity index (χ2v) is 5.35. The molecule has 0 unspecified atom stereocenters. The topological polar surface area (TPSA) is 72.9 Å². The molecule has 1 heterocycles. The third-order valence-electron chi connectivity index (χ3n) is 2.99. The minimum absolute atomic E-state index is 0. The minimum atomic E-state index is -0.112. The molecule has 0 radical (unpaired) electrons. The molecule has 0 saturated carbocycles. The predicted molar refractivity (Wildman–Crippen MR) is 89.3 cm³/mol. The Morgan fingerprint density at radius 2 is 2.05 bits per heavy atom. The fraction of sp³-hybridized carbons (Fsp3) is 0.286. The molecule has 0 bridgehead atoms. The van der Waals surface area contributed by atoms with Crippen molar-refractivity contribution < 1.29 is 4.79 Å². The predicted octanol–water partition coefficient (Wildman–Crippen LogP) is 2.44. The van der Waals surface area contributed by atoms with Gasteiger partial charge < -0.3 is 11.1 Å². The van der Waals surface area contributed by atoms with Gasteiger partial charge in [0.25, 0.3) is 5.91 Å². The summed E-state index contributed by atoms with van der Waals surface area (Å²) >= 11 is 3.40. The van der Waals surface area contributed by atoms with Crippen molar-refractivity contribution in [3.05, 3.63) is 46.2 Å². The molecule has 0 saturated heterocycles. The Balaban J connectivity index is 0.00000220. The molecule has 0 aliphatic carbocycles. The molecular formula is C14H18BrClN4O. The maximum Gasteiger partial charge on any atom is 0.254 e. The number of benzene rings is 1. The number of aromatic nitrogens is 2. The van der Waals surface area contributed by atoms with Crippen molar-refractivity contribution in [1.29, 1.82) is 0 Å². The van der Waals surface area contributed by atoms with Crippen LogP contribution in [0.2, 0.25) is 0 Å². The largest absolute Gasteiger partial charge is 0.352 e. The number of amides is 1. The van der Waals surface area contributed by atoms with Crippen molar-refractivity contribution in [1.82, 2.24) is 15.1 Å². The van der Waals surface area contributed by atoms with Gasteiger partial charge >= 0.3 is 0 Å². The molecule has 1 aromatic heterocycles. The van der Waals surface area contributed by atoms with E-state index in [1.165, 1.54) is 0 Å². The first-order chi connectivity index (χ1) is 9.63. The molecule has 3 N–H and O–H groups in total. The van der Waals surface area contributed by atoms with E-state index in [1.54, 1.807) is 10.9 Å². The third kappa shape index (κ3) is 4.30. The van der Waals surface area contributed by atoms with Crippen LogP contribution in [0.4, 0.5) is 0 Å². The molecule has 21 heavy (non-hydrogen) atoms. The van der Waals surface area contributed by atoms with Crippen molar-refractivity contribution in [3.8, 4) is 5.69 Å². The summed E-state index contributed by atoms with van der Waals surface area (Å²) in [5.74, 6) is -0.112. The first kappa shape index (κ1) is 17.7. The monoisotopic (exact) mass is 372 g/mol. The lowest BCUT2D eigenvalue weighted by atomic mass is 10.2. The number of carbonyl (C=O) groups excluding carboxylic acids is 1. The molecule has 114 valence electrons. The number of nitrogens with one attached hydrogen (secondary N) is 1. The molecule has 0 aliphatic rings. The molecule has 2 rings (SSSR count). The molecule has 7 heteroatoms. The van der Waals surface area contributed by atoms with Gasteiger partial charge in [-0.2, -0.15) is 5.10 Å². The lowest BCUT2D eigenvalue weighted by molar-refractivity contribution is 0.0953. The second kappa shape index (κ2) is 8.17. The van der Waals surface area contributed by atoms with Crippen LogP contribution in [-0.4, -0.2) is 28.8 Å². The summed E-state index contributed by atoms with van der Waals surface area (Å²) in [7, 11) is 0. The fourth-order valence-electron chi connectivity index (χ4n) is 1.87. The van der Waals surface area contributed by atoms with Crippen molar-refractivity contribution in [2.75, 3.05) is 13.1 Å². The summed E-state index contributed by atoms with van der Waals surface area (Å²) in [6.07, 6.45) is 2.36. The van der Waals surface area contributed by atoms with Gasteiger partial charge in [0.15, 0.2) is 0 Å². The number of hydrogen-bond acceptors (Lipinski definition) is 3. The van der Waals surface area contributed by atoms with Crippen molar-refractivity contribution in [2.45, 2.75) is 13.3 Å². The number of nitrogens with two attached hydrogens (primary N) is 1. The SMILES string of the molecule is Cc1c(C(=O)NCCCN)cnn1-c1ccc(Br)cc1.Cl. The van der Waals surface area contributed by atoms with Crippen molar-refractivity contribution in [2.24, 2.45) is 5.73 Å². The Morgan fingerprint density at radius 1 is 1.38 bits per heavy atom. The highest BCUT2D eigenvalue weighted by atomic mass is 79.9. The fourth-order valence-corrected chi connectivity index (χ4v) is 2.14. The highest BCUT2D eigenvalue weighted by Crippen LogP contribution is 2.17. The van der Waals surface area contributed by atoms with Gasteiger partial charge in [0.2, 0.25) is 0 Å². The maximum atomic E-state index is 12.0. The Morgan fingerprint density at radius 3 is 2.67 bits per heavy atom. The highest BCUT2D eigenvalue weighted by molar-refractivity contribution is 9.10. The van der Waals surface area contributed by atoms with Gasteiger partial charge in [0.1, 0.15) is 0 Å². The van der Waals surface area contributed by atoms with Gasteiger partial charge in [-0.15, -0.1) is 12.4 Å². The second-order valence-electron chi connectivity index (χ2n) is 4.43. The van der Waals surface area contributed by atoms with E-state index in [4.69, 9.17) is 5.73 Å². The van der Waals surface area contributed by atoms with Crippen LogP contribution in [0.25, 0.3) is 5.69 Å². The van der Waals surface area contributed by atoms with E-state index in [2.05, 4.69) is 26.3 Å². The summed E-state index contributed by atoms with van der Waals surface area (Å²) in [6.45, 7) is 3.03. The van der Waals surface area contributed by atoms with E-state index >= 15 is 0 Å². The van der Waals surface area contributed by atoms with E-state index in [-0.39, 0.29) is 18.3 Å². The Labute approximate surface area is 138 Å². The van der Waals surface area contributed by atoms with E-state index in [1.807, 2.05) is 31.2 Å². The molecule has 1 aromatic carbocycles. The van der Waals surface area contributed by atoms with Crippen LogP contribution in [0.5, 0.6) is 0 Å². The first-order valence-corrected chi connectivity index (χ1v) is 7.21. The zero-order valence-corrected chi connectivity index (χ0v) is 14.1. The van der Waals surface area contributed by atoms with Crippen molar-refractivity contribution >= 4 is 34.2 Å². The minimum Gasteiger partial charge on any atom is -0.352 e. The molecule has 0 aliphatic heterocycles. The third-order valence-corrected chi connectivity index (χ3v) is 3.52. The lowest BCUT2D eigenvalue weighted by Crippen LogP contribution is -2.26. The average Bonchev–Trinajstić information content (AvgIpc) is 2.82. The molecule has 5 nitrogen and oxygen atoms in total. The number of halogens is 2. The van der Waals surface area contributed by atoms with E-state index in [9.17, 15) is 4.79 Å². The normalized spacial score (nSPS) is 10.0. The summed E-state index contributed by atoms with van der Waals surface area (Å²) in [6, 6.07) is 7.77. The van der Waals surface area contributed by atoms with Gasteiger partial charge in [-0.25, -0.2) is 4.68 Å². The molecular weight excluding hydrogens is 356 g/mol. The summed E-state index contributed by atoms with van der Waals surface area (Å²) in [5.41, 5.74) is 7.73. The Hall–Kier alpha value is -1.37. The van der Waals surface area contributed by atoms with Gasteiger partial charge in [0.05, 0.1) is 23.1 Å².